The van der Waals surface area contributed by atoms with E-state index in [1.165, 1.54) is 15.6 Å². The van der Waals surface area contributed by atoms with Crippen molar-refractivity contribution in [2.75, 3.05) is 6.54 Å². The third-order valence-corrected chi connectivity index (χ3v) is 5.26. The van der Waals surface area contributed by atoms with Crippen molar-refractivity contribution in [3.8, 4) is 5.69 Å². The molecule has 1 atom stereocenters. The van der Waals surface area contributed by atoms with Crippen molar-refractivity contribution in [3.05, 3.63) is 46.5 Å². The van der Waals surface area contributed by atoms with Crippen LogP contribution in [0, 0.1) is 12.7 Å². The maximum Gasteiger partial charge on any atom is 0.326 e. The van der Waals surface area contributed by atoms with Gasteiger partial charge in [0.15, 0.2) is 5.69 Å². The van der Waals surface area contributed by atoms with E-state index in [9.17, 15) is 19.1 Å². The average molecular weight is 357 g/mol. The van der Waals surface area contributed by atoms with Crippen LogP contribution in [0.1, 0.15) is 46.6 Å². The van der Waals surface area contributed by atoms with Gasteiger partial charge >= 0.3 is 5.97 Å². The van der Waals surface area contributed by atoms with E-state index < -0.39 is 12.0 Å². The number of halogens is 1. The molecule has 2 heterocycles. The lowest BCUT2D eigenvalue weighted by atomic mass is 10.1. The summed E-state index contributed by atoms with van der Waals surface area (Å²) in [6.07, 6.45) is 3.43. The lowest BCUT2D eigenvalue weighted by Crippen LogP contribution is -2.40. The van der Waals surface area contributed by atoms with Gasteiger partial charge in [-0.15, -0.1) is 0 Å². The molecule has 0 saturated carbocycles. The molecule has 1 N–H and O–H groups in total. The fourth-order valence-electron chi connectivity index (χ4n) is 3.99. The zero-order valence-electron chi connectivity index (χ0n) is 14.5. The minimum absolute atomic E-state index is 0.269. The molecule has 0 radical (unpaired) electrons. The third kappa shape index (κ3) is 2.58. The van der Waals surface area contributed by atoms with Crippen molar-refractivity contribution < 1.29 is 19.1 Å². The summed E-state index contributed by atoms with van der Waals surface area (Å²) in [6, 6.07) is 4.12. The van der Waals surface area contributed by atoms with E-state index in [1.54, 1.807) is 6.07 Å². The van der Waals surface area contributed by atoms with E-state index in [4.69, 9.17) is 0 Å². The van der Waals surface area contributed by atoms with Crippen molar-refractivity contribution in [1.29, 1.82) is 0 Å². The van der Waals surface area contributed by atoms with Gasteiger partial charge in [-0.3, -0.25) is 4.79 Å². The van der Waals surface area contributed by atoms with E-state index in [0.29, 0.717) is 31.5 Å². The summed E-state index contributed by atoms with van der Waals surface area (Å²) in [5.74, 6) is -1.73. The van der Waals surface area contributed by atoms with Crippen LogP contribution in [0.4, 0.5) is 4.39 Å². The Bertz CT molecular complexity index is 906. The number of benzene rings is 1. The first-order valence-electron chi connectivity index (χ1n) is 8.88. The van der Waals surface area contributed by atoms with E-state index in [-0.39, 0.29) is 17.4 Å². The van der Waals surface area contributed by atoms with E-state index in [1.807, 2.05) is 13.0 Å². The third-order valence-electron chi connectivity index (χ3n) is 5.26. The van der Waals surface area contributed by atoms with Crippen molar-refractivity contribution in [1.82, 2.24) is 14.7 Å². The van der Waals surface area contributed by atoms with Crippen molar-refractivity contribution in [3.63, 3.8) is 0 Å². The van der Waals surface area contributed by atoms with Crippen LogP contribution in [-0.2, 0) is 17.6 Å². The molecule has 1 aromatic heterocycles. The molecule has 6 nitrogen and oxygen atoms in total. The van der Waals surface area contributed by atoms with Gasteiger partial charge in [-0.25, -0.2) is 13.9 Å². The number of hydrogen-bond donors (Lipinski definition) is 1. The first kappa shape index (κ1) is 16.8. The van der Waals surface area contributed by atoms with Crippen molar-refractivity contribution in [2.24, 2.45) is 0 Å². The molecule has 2 aromatic rings. The fraction of sp³-hybridized carbons (Fsp3) is 0.421. The average Bonchev–Trinajstić information content (AvgIpc) is 3.30. The number of amides is 1. The molecule has 0 spiro atoms. The Balaban J connectivity index is 1.77. The number of carboxylic acids is 1. The van der Waals surface area contributed by atoms with Gasteiger partial charge in [0.25, 0.3) is 5.91 Å². The second kappa shape index (κ2) is 6.23. The minimum Gasteiger partial charge on any atom is -0.480 e. The number of rotatable bonds is 3. The van der Waals surface area contributed by atoms with Crippen LogP contribution < -0.4 is 0 Å². The summed E-state index contributed by atoms with van der Waals surface area (Å²) in [7, 11) is 0. The highest BCUT2D eigenvalue weighted by atomic mass is 19.1. The normalized spacial score (nSPS) is 19.0. The summed E-state index contributed by atoms with van der Waals surface area (Å²) in [5.41, 5.74) is 3.08. The van der Waals surface area contributed by atoms with Crippen LogP contribution >= 0.6 is 0 Å². The largest absolute Gasteiger partial charge is 0.480 e. The number of aryl methyl sites for hydroxylation is 1. The zero-order chi connectivity index (χ0) is 18.4. The lowest BCUT2D eigenvalue weighted by Gasteiger charge is -2.20. The Kier molecular flexibility index (Phi) is 4.01. The van der Waals surface area contributed by atoms with Gasteiger partial charge in [0.2, 0.25) is 0 Å². The zero-order valence-corrected chi connectivity index (χ0v) is 14.5. The molecule has 0 unspecified atom stereocenters. The van der Waals surface area contributed by atoms with Crippen LogP contribution in [0.25, 0.3) is 5.69 Å². The highest BCUT2D eigenvalue weighted by molar-refractivity contribution is 5.97. The van der Waals surface area contributed by atoms with Gasteiger partial charge in [-0.1, -0.05) is 6.07 Å². The molecular weight excluding hydrogens is 337 g/mol. The molecule has 1 amide bonds. The number of aliphatic carboxylic acids is 1. The van der Waals surface area contributed by atoms with Gasteiger partial charge < -0.3 is 10.0 Å². The monoisotopic (exact) mass is 357 g/mol. The predicted octanol–water partition coefficient (Wildman–Crippen LogP) is 2.50. The molecule has 136 valence electrons. The Hall–Kier alpha value is -2.70. The minimum atomic E-state index is -0.989. The lowest BCUT2D eigenvalue weighted by molar-refractivity contribution is -0.141. The Morgan fingerprint density at radius 2 is 2.08 bits per heavy atom. The Morgan fingerprint density at radius 3 is 2.81 bits per heavy atom. The molecule has 1 fully saturated rings. The van der Waals surface area contributed by atoms with Crippen LogP contribution in [0.5, 0.6) is 0 Å². The van der Waals surface area contributed by atoms with Crippen molar-refractivity contribution in [2.45, 2.75) is 45.1 Å². The Morgan fingerprint density at radius 1 is 1.27 bits per heavy atom. The highest BCUT2D eigenvalue weighted by Gasteiger charge is 2.38. The van der Waals surface area contributed by atoms with Crippen LogP contribution in [-0.4, -0.2) is 44.3 Å². The van der Waals surface area contributed by atoms with E-state index in [2.05, 4.69) is 5.10 Å². The number of likely N-dealkylation sites (tertiary alicyclic amines) is 1. The number of hydrogen-bond acceptors (Lipinski definition) is 3. The first-order valence-corrected chi connectivity index (χ1v) is 8.88. The number of fused-ring (bicyclic) bond motifs is 1. The number of aromatic nitrogens is 2. The fourth-order valence-corrected chi connectivity index (χ4v) is 3.99. The predicted molar refractivity (Wildman–Crippen MR) is 92.0 cm³/mol. The second-order valence-electron chi connectivity index (χ2n) is 6.99. The highest BCUT2D eigenvalue weighted by Crippen LogP contribution is 2.31. The first-order chi connectivity index (χ1) is 12.5. The second-order valence-corrected chi connectivity index (χ2v) is 6.99. The summed E-state index contributed by atoms with van der Waals surface area (Å²) < 4.78 is 16.0. The maximum atomic E-state index is 14.4. The SMILES string of the molecule is Cc1ccc(-n2nc(C(=O)N3CCC[C@@H]3C(=O)O)c3c2CCC3)c(F)c1. The van der Waals surface area contributed by atoms with Crippen LogP contribution in [0.15, 0.2) is 18.2 Å². The van der Waals surface area contributed by atoms with Gasteiger partial charge in [-0.05, 0) is 56.7 Å². The standard InChI is InChI=1S/C19H20FN3O3/c1-11-7-8-15(13(20)10-11)23-14-5-2-4-12(14)17(21-23)18(24)22-9-3-6-16(22)19(25)26/h7-8,10,16H,2-6,9H2,1H3,(H,25,26)/t16-/m1/s1. The smallest absolute Gasteiger partial charge is 0.326 e. The molecule has 2 aliphatic rings. The summed E-state index contributed by atoms with van der Waals surface area (Å²) in [4.78, 5) is 25.8. The van der Waals surface area contributed by atoms with Crippen LogP contribution in [0.2, 0.25) is 0 Å². The van der Waals surface area contributed by atoms with Gasteiger partial charge in [0, 0.05) is 17.8 Å². The summed E-state index contributed by atoms with van der Waals surface area (Å²) in [6.45, 7) is 2.23. The number of carbonyl (C=O) groups excluding carboxylic acids is 1. The van der Waals surface area contributed by atoms with Gasteiger partial charge in [0.1, 0.15) is 17.5 Å². The molecule has 1 aromatic carbocycles. The number of carboxylic acid groups (broad SMARTS) is 1. The van der Waals surface area contributed by atoms with Gasteiger partial charge in [-0.2, -0.15) is 5.10 Å². The van der Waals surface area contributed by atoms with E-state index >= 15 is 0 Å². The summed E-state index contributed by atoms with van der Waals surface area (Å²) >= 11 is 0. The quantitative estimate of drug-likeness (QED) is 0.916. The topological polar surface area (TPSA) is 75.4 Å². The van der Waals surface area contributed by atoms with Crippen molar-refractivity contribution >= 4 is 11.9 Å². The molecule has 1 aliphatic heterocycles. The molecular formula is C19H20FN3O3. The van der Waals surface area contributed by atoms with E-state index in [0.717, 1.165) is 29.7 Å². The van der Waals surface area contributed by atoms with Crippen LogP contribution in [0.3, 0.4) is 0 Å². The maximum absolute atomic E-state index is 14.4. The number of carbonyl (C=O) groups is 2. The molecule has 0 bridgehead atoms. The molecule has 26 heavy (non-hydrogen) atoms. The number of nitrogens with zero attached hydrogens (tertiary/aromatic N) is 3. The summed E-state index contributed by atoms with van der Waals surface area (Å²) in [5, 5.41) is 13.8. The molecule has 1 saturated heterocycles. The van der Waals surface area contributed by atoms with Gasteiger partial charge in [0.05, 0.1) is 0 Å². The Labute approximate surface area is 150 Å². The molecule has 4 rings (SSSR count). The molecule has 1 aliphatic carbocycles. The molecule has 7 heteroatoms.